The maximum absolute atomic E-state index is 10.8. The molecule has 0 aromatic heterocycles. The minimum atomic E-state index is -1.16. The van der Waals surface area contributed by atoms with Crippen molar-refractivity contribution in [1.29, 1.82) is 0 Å². The van der Waals surface area contributed by atoms with Crippen molar-refractivity contribution < 1.29 is 15.0 Å². The first-order valence-corrected chi connectivity index (χ1v) is 4.73. The molecule has 2 aromatic carbocycles. The van der Waals surface area contributed by atoms with Crippen LogP contribution >= 0.6 is 12.6 Å². The molecule has 0 aliphatic heterocycles. The van der Waals surface area contributed by atoms with Gasteiger partial charge in [0.15, 0.2) is 0 Å². The van der Waals surface area contributed by atoms with Gasteiger partial charge in [-0.1, -0.05) is 24.3 Å². The highest BCUT2D eigenvalue weighted by Gasteiger charge is 2.14. The quantitative estimate of drug-likeness (QED) is 0.647. The van der Waals surface area contributed by atoms with Crippen LogP contribution in [0.3, 0.4) is 0 Å². The largest absolute Gasteiger partial charge is 0.506 e. The molecule has 0 atom stereocenters. The number of thiol groups is 1. The summed E-state index contributed by atoms with van der Waals surface area (Å²) < 4.78 is 0. The van der Waals surface area contributed by atoms with Crippen LogP contribution in [0.4, 0.5) is 0 Å². The topological polar surface area (TPSA) is 57.5 Å². The fourth-order valence-corrected chi connectivity index (χ4v) is 1.83. The number of fused-ring (bicyclic) bond motifs is 1. The maximum atomic E-state index is 10.8. The average molecular weight is 220 g/mol. The fourth-order valence-electron chi connectivity index (χ4n) is 1.50. The molecule has 0 saturated carbocycles. The summed E-state index contributed by atoms with van der Waals surface area (Å²) in [5.74, 6) is -1.37. The van der Waals surface area contributed by atoms with Gasteiger partial charge in [-0.2, -0.15) is 0 Å². The van der Waals surface area contributed by atoms with Crippen molar-refractivity contribution in [2.75, 3.05) is 0 Å². The van der Waals surface area contributed by atoms with E-state index in [1.54, 1.807) is 18.2 Å². The van der Waals surface area contributed by atoms with Gasteiger partial charge in [-0.25, -0.2) is 4.79 Å². The normalized spacial score (nSPS) is 10.5. The Labute approximate surface area is 91.4 Å². The van der Waals surface area contributed by atoms with Gasteiger partial charge in [-0.05, 0) is 11.5 Å². The third-order valence-electron chi connectivity index (χ3n) is 2.22. The number of carboxylic acid groups (broad SMARTS) is 1. The van der Waals surface area contributed by atoms with E-state index in [9.17, 15) is 9.90 Å². The van der Waals surface area contributed by atoms with Crippen LogP contribution in [0.15, 0.2) is 35.2 Å². The lowest BCUT2D eigenvalue weighted by molar-refractivity contribution is 0.0694. The van der Waals surface area contributed by atoms with Crippen LogP contribution in [-0.4, -0.2) is 16.2 Å². The zero-order valence-corrected chi connectivity index (χ0v) is 8.53. The van der Waals surface area contributed by atoms with Crippen LogP contribution < -0.4 is 0 Å². The number of carboxylic acids is 1. The molecule has 3 nitrogen and oxygen atoms in total. The number of benzene rings is 2. The maximum Gasteiger partial charge on any atom is 0.339 e. The lowest BCUT2D eigenvalue weighted by Gasteiger charge is -2.06. The molecule has 0 aliphatic carbocycles. The van der Waals surface area contributed by atoms with Crippen molar-refractivity contribution in [3.63, 3.8) is 0 Å². The second kappa shape index (κ2) is 3.47. The third kappa shape index (κ3) is 1.53. The molecule has 0 radical (unpaired) electrons. The predicted molar refractivity (Wildman–Crippen MR) is 59.8 cm³/mol. The van der Waals surface area contributed by atoms with Crippen molar-refractivity contribution in [3.05, 3.63) is 35.9 Å². The van der Waals surface area contributed by atoms with E-state index in [-0.39, 0.29) is 11.3 Å². The summed E-state index contributed by atoms with van der Waals surface area (Å²) in [6, 6.07) is 8.34. The summed E-state index contributed by atoms with van der Waals surface area (Å²) in [5, 5.41) is 19.8. The zero-order valence-electron chi connectivity index (χ0n) is 7.64. The molecule has 2 aromatic rings. The molecule has 0 aliphatic rings. The van der Waals surface area contributed by atoms with Gasteiger partial charge in [-0.15, -0.1) is 12.6 Å². The molecule has 0 heterocycles. The van der Waals surface area contributed by atoms with E-state index in [0.717, 1.165) is 5.39 Å². The van der Waals surface area contributed by atoms with Crippen LogP contribution in [-0.2, 0) is 0 Å². The van der Waals surface area contributed by atoms with Gasteiger partial charge in [0.2, 0.25) is 0 Å². The first kappa shape index (κ1) is 9.86. The Bertz CT molecular complexity index is 549. The summed E-state index contributed by atoms with van der Waals surface area (Å²) >= 11 is 4.19. The van der Waals surface area contributed by atoms with E-state index in [0.29, 0.717) is 10.3 Å². The molecule has 0 unspecified atom stereocenters. The Kier molecular flexibility index (Phi) is 2.28. The van der Waals surface area contributed by atoms with Crippen molar-refractivity contribution in [1.82, 2.24) is 0 Å². The molecule has 0 saturated heterocycles. The smallest absolute Gasteiger partial charge is 0.339 e. The molecule has 2 N–H and O–H groups in total. The van der Waals surface area contributed by atoms with Crippen molar-refractivity contribution in [2.45, 2.75) is 4.90 Å². The van der Waals surface area contributed by atoms with E-state index in [2.05, 4.69) is 12.6 Å². The van der Waals surface area contributed by atoms with Crippen LogP contribution in [0.25, 0.3) is 10.8 Å². The minimum absolute atomic E-state index is 0.126. The molecule has 0 spiro atoms. The van der Waals surface area contributed by atoms with Gasteiger partial charge in [0.1, 0.15) is 11.3 Å². The van der Waals surface area contributed by atoms with Crippen LogP contribution in [0.1, 0.15) is 10.4 Å². The Hall–Kier alpha value is -1.68. The minimum Gasteiger partial charge on any atom is -0.506 e. The van der Waals surface area contributed by atoms with Crippen LogP contribution in [0, 0.1) is 0 Å². The van der Waals surface area contributed by atoms with E-state index in [1.165, 1.54) is 6.07 Å². The predicted octanol–water partition coefficient (Wildman–Crippen LogP) is 2.53. The summed E-state index contributed by atoms with van der Waals surface area (Å²) in [4.78, 5) is 11.4. The number of phenols is 1. The molecular weight excluding hydrogens is 212 g/mol. The first-order valence-electron chi connectivity index (χ1n) is 4.28. The Morgan fingerprint density at radius 3 is 2.40 bits per heavy atom. The van der Waals surface area contributed by atoms with Gasteiger partial charge in [0.25, 0.3) is 0 Å². The molecule has 2 rings (SSSR count). The second-order valence-electron chi connectivity index (χ2n) is 3.14. The van der Waals surface area contributed by atoms with Crippen molar-refractivity contribution in [2.24, 2.45) is 0 Å². The first-order chi connectivity index (χ1) is 7.11. The Morgan fingerprint density at radius 1 is 1.20 bits per heavy atom. The van der Waals surface area contributed by atoms with Crippen molar-refractivity contribution in [3.8, 4) is 5.75 Å². The lowest BCUT2D eigenvalue weighted by atomic mass is 10.1. The second-order valence-corrected chi connectivity index (χ2v) is 3.62. The monoisotopic (exact) mass is 220 g/mol. The Morgan fingerprint density at radius 2 is 1.80 bits per heavy atom. The number of carbonyl (C=O) groups is 1. The van der Waals surface area contributed by atoms with E-state index < -0.39 is 5.97 Å². The number of hydrogen-bond acceptors (Lipinski definition) is 3. The third-order valence-corrected chi connectivity index (χ3v) is 2.59. The van der Waals surface area contributed by atoms with Gasteiger partial charge in [-0.3, -0.25) is 0 Å². The van der Waals surface area contributed by atoms with E-state index >= 15 is 0 Å². The van der Waals surface area contributed by atoms with E-state index in [1.807, 2.05) is 6.07 Å². The van der Waals surface area contributed by atoms with Gasteiger partial charge in [0, 0.05) is 10.3 Å². The number of aromatic hydroxyl groups is 1. The molecule has 0 amide bonds. The summed E-state index contributed by atoms with van der Waals surface area (Å²) in [7, 11) is 0. The van der Waals surface area contributed by atoms with Gasteiger partial charge >= 0.3 is 5.97 Å². The molecule has 0 fully saturated rings. The summed E-state index contributed by atoms with van der Waals surface area (Å²) in [5.41, 5.74) is -0.126. The number of hydrogen-bond donors (Lipinski definition) is 3. The van der Waals surface area contributed by atoms with Gasteiger partial charge in [0.05, 0.1) is 0 Å². The van der Waals surface area contributed by atoms with Gasteiger partial charge < -0.3 is 10.2 Å². The Balaban J connectivity index is 2.90. The summed E-state index contributed by atoms with van der Waals surface area (Å²) in [6.07, 6.45) is 0. The zero-order chi connectivity index (χ0) is 11.0. The fraction of sp³-hybridized carbons (Fsp3) is 0. The van der Waals surface area contributed by atoms with E-state index in [4.69, 9.17) is 5.11 Å². The molecule has 0 bridgehead atoms. The standard InChI is InChI=1S/C11H8O3S/c12-10-7-4-2-1-3-6(7)9(15)5-8(10)11(13)14/h1-5,12,15H,(H,13,14). The number of aromatic carboxylic acids is 1. The average Bonchev–Trinajstić information content (AvgIpc) is 2.23. The highest BCUT2D eigenvalue weighted by Crippen LogP contribution is 2.33. The molecular formula is C11H8O3S. The highest BCUT2D eigenvalue weighted by molar-refractivity contribution is 7.80. The number of rotatable bonds is 1. The molecule has 76 valence electrons. The molecule has 4 heteroatoms. The molecule has 15 heavy (non-hydrogen) atoms. The highest BCUT2D eigenvalue weighted by atomic mass is 32.1. The SMILES string of the molecule is O=C(O)c1cc(S)c2ccccc2c1O. The van der Waals surface area contributed by atoms with Crippen LogP contribution in [0.2, 0.25) is 0 Å². The summed E-state index contributed by atoms with van der Waals surface area (Å²) in [6.45, 7) is 0. The van der Waals surface area contributed by atoms with Crippen LogP contribution in [0.5, 0.6) is 5.75 Å². The van der Waals surface area contributed by atoms with Crippen molar-refractivity contribution >= 4 is 29.4 Å². The lowest BCUT2D eigenvalue weighted by Crippen LogP contribution is -1.97.